The van der Waals surface area contributed by atoms with E-state index in [1.165, 1.54) is 54.3 Å². The Labute approximate surface area is 312 Å². The fourth-order valence-electron chi connectivity index (χ4n) is 6.45. The fourth-order valence-corrected chi connectivity index (χ4v) is 6.71. The second-order valence-corrected chi connectivity index (χ2v) is 13.6. The summed E-state index contributed by atoms with van der Waals surface area (Å²) in [4.78, 5) is 48.6. The second-order valence-electron chi connectivity index (χ2n) is 13.2. The number of aliphatic hydroxyl groups excluding tert-OH is 1. The van der Waals surface area contributed by atoms with Crippen molar-refractivity contribution in [1.82, 2.24) is 34.0 Å². The maximum absolute atomic E-state index is 15.6. The van der Waals surface area contributed by atoms with E-state index in [1.807, 2.05) is 25.9 Å². The zero-order chi connectivity index (χ0) is 38.4. The number of nitrogens with zero attached hydrogens (tertiary/aromatic N) is 7. The number of aromatic nitrogens is 4. The third-order valence-corrected chi connectivity index (χ3v) is 9.59. The van der Waals surface area contributed by atoms with Crippen LogP contribution in [0.4, 0.5) is 14.5 Å². The normalized spacial score (nSPS) is 13.8. The molecule has 1 aliphatic heterocycles. The molecule has 0 radical (unpaired) electrons. The Balaban J connectivity index is 1.22. The zero-order valence-corrected chi connectivity index (χ0v) is 31.3. The first-order chi connectivity index (χ1) is 25.3. The quantitative estimate of drug-likeness (QED) is 0.194. The molecular weight excluding hydrogens is 710 g/mol. The molecule has 3 amide bonds. The van der Waals surface area contributed by atoms with Crippen LogP contribution in [0.5, 0.6) is 0 Å². The molecule has 2 aromatic heterocycles. The number of rotatable bonds is 14. The van der Waals surface area contributed by atoms with E-state index in [2.05, 4.69) is 15.4 Å². The summed E-state index contributed by atoms with van der Waals surface area (Å²) in [5, 5.41) is 17.2. The number of amides is 3. The van der Waals surface area contributed by atoms with E-state index in [4.69, 9.17) is 16.3 Å². The number of carbonyl (C=O) groups excluding carboxylic acids is 3. The largest absolute Gasteiger partial charge is 0.392 e. The summed E-state index contributed by atoms with van der Waals surface area (Å²) < 4.78 is 39.4. The zero-order valence-electron chi connectivity index (χ0n) is 30.5. The Bertz CT molecular complexity index is 1960. The number of methoxy groups -OCH3 is 1. The van der Waals surface area contributed by atoms with E-state index >= 15 is 8.78 Å². The van der Waals surface area contributed by atoms with Crippen molar-refractivity contribution in [3.05, 3.63) is 76.5 Å². The highest BCUT2D eigenvalue weighted by atomic mass is 35.5. The molecule has 0 spiro atoms. The van der Waals surface area contributed by atoms with E-state index in [-0.39, 0.29) is 51.5 Å². The molecule has 53 heavy (non-hydrogen) atoms. The molecule has 3 heterocycles. The number of likely N-dealkylation sites (N-methyl/N-ethyl adjacent to an activating group) is 1. The third-order valence-electron chi connectivity index (χ3n) is 9.27. The monoisotopic (exact) mass is 754 g/mol. The highest BCUT2D eigenvalue weighted by molar-refractivity contribution is 6.34. The van der Waals surface area contributed by atoms with E-state index in [9.17, 15) is 19.5 Å². The summed E-state index contributed by atoms with van der Waals surface area (Å²) in [6.07, 6.45) is 3.38. The topological polar surface area (TPSA) is 138 Å². The minimum Gasteiger partial charge on any atom is -0.392 e. The molecule has 0 bridgehead atoms. The number of aliphatic hydroxyl groups is 1. The molecule has 5 rings (SSSR count). The van der Waals surface area contributed by atoms with Crippen molar-refractivity contribution >= 4 is 35.0 Å². The molecule has 284 valence electrons. The van der Waals surface area contributed by atoms with Gasteiger partial charge in [0, 0.05) is 81.4 Å². The molecule has 1 saturated heterocycles. The van der Waals surface area contributed by atoms with Crippen LogP contribution in [-0.4, -0.2) is 123 Å². The van der Waals surface area contributed by atoms with E-state index in [0.717, 1.165) is 5.69 Å². The van der Waals surface area contributed by atoms with Crippen LogP contribution in [0.3, 0.4) is 0 Å². The molecule has 2 aromatic carbocycles. The van der Waals surface area contributed by atoms with Crippen molar-refractivity contribution in [2.45, 2.75) is 38.8 Å². The van der Waals surface area contributed by atoms with Crippen LogP contribution in [-0.2, 0) is 29.5 Å². The van der Waals surface area contributed by atoms with Crippen molar-refractivity contribution in [1.29, 1.82) is 0 Å². The smallest absolute Gasteiger partial charge is 0.291 e. The van der Waals surface area contributed by atoms with Crippen LogP contribution in [0.1, 0.15) is 46.4 Å². The number of carbonyl (C=O) groups is 3. The van der Waals surface area contributed by atoms with Crippen molar-refractivity contribution in [2.24, 2.45) is 7.05 Å². The van der Waals surface area contributed by atoms with Crippen LogP contribution in [0.2, 0.25) is 5.02 Å². The predicted octanol–water partition coefficient (Wildman–Crippen LogP) is 4.33. The average molecular weight is 755 g/mol. The minimum atomic E-state index is -1.08. The van der Waals surface area contributed by atoms with Gasteiger partial charge in [-0.2, -0.15) is 5.10 Å². The van der Waals surface area contributed by atoms with Crippen LogP contribution in [0.15, 0.2) is 42.7 Å². The second kappa shape index (κ2) is 17.4. The van der Waals surface area contributed by atoms with E-state index < -0.39 is 23.6 Å². The molecule has 0 aliphatic carbocycles. The molecular formula is C37H45ClF2N8O5. The van der Waals surface area contributed by atoms with Crippen molar-refractivity contribution in [3.8, 4) is 22.4 Å². The molecule has 1 atom stereocenters. The third kappa shape index (κ3) is 8.92. The number of benzene rings is 2. The van der Waals surface area contributed by atoms with Crippen LogP contribution in [0.25, 0.3) is 22.4 Å². The lowest BCUT2D eigenvalue weighted by molar-refractivity contribution is -0.133. The van der Waals surface area contributed by atoms with E-state index in [0.29, 0.717) is 70.0 Å². The fraction of sp³-hybridized carbons (Fsp3) is 0.432. The summed E-state index contributed by atoms with van der Waals surface area (Å²) in [5.74, 6) is -3.18. The first-order valence-corrected chi connectivity index (χ1v) is 17.8. The standard InChI is InChI=1S/C37H45ClF2N8O5/c1-6-30-28(20-42-48(30)17-18-53-5)25-10-11-27(34(40)33(25)39)31-21-41-35(45(31)4)36(51)43-23-7-9-26(29(38)19-23)37(52)47-15-13-46(14-16-47)32(50)12-8-24(49)22-44(2)3/h7,9-11,19-21,24,49H,6,8,12-18,22H2,1-5H3,(H,43,51)/t24-/m1/s1. The number of hydrogen-bond acceptors (Lipinski definition) is 8. The molecule has 0 saturated carbocycles. The van der Waals surface area contributed by atoms with Gasteiger partial charge in [-0.15, -0.1) is 0 Å². The number of halogens is 3. The van der Waals surface area contributed by atoms with Gasteiger partial charge in [-0.25, -0.2) is 13.8 Å². The van der Waals surface area contributed by atoms with Gasteiger partial charge in [0.1, 0.15) is 0 Å². The molecule has 13 nitrogen and oxygen atoms in total. The van der Waals surface area contributed by atoms with Gasteiger partial charge in [0.15, 0.2) is 17.5 Å². The summed E-state index contributed by atoms with van der Waals surface area (Å²) in [6.45, 7) is 4.68. The van der Waals surface area contributed by atoms with Gasteiger partial charge in [-0.3, -0.25) is 19.1 Å². The van der Waals surface area contributed by atoms with Gasteiger partial charge < -0.3 is 34.4 Å². The molecule has 2 N–H and O–H groups in total. The number of anilines is 1. The molecule has 1 fully saturated rings. The molecule has 1 aliphatic rings. The SMILES string of the molecule is CCc1c(-c2ccc(-c3cnc(C(=O)Nc4ccc(C(=O)N5CCN(C(=O)CC[C@@H](O)CN(C)C)CC5)c(Cl)c4)n3C)c(F)c2F)cnn1CCOC. The lowest BCUT2D eigenvalue weighted by Gasteiger charge is -2.35. The van der Waals surface area contributed by atoms with Crippen LogP contribution in [0, 0.1) is 11.6 Å². The van der Waals surface area contributed by atoms with Crippen molar-refractivity contribution in [2.75, 3.05) is 65.9 Å². The summed E-state index contributed by atoms with van der Waals surface area (Å²) in [5.41, 5.74) is 1.97. The maximum atomic E-state index is 15.6. The highest BCUT2D eigenvalue weighted by Crippen LogP contribution is 2.34. The van der Waals surface area contributed by atoms with Crippen molar-refractivity contribution < 1.29 is 33.0 Å². The van der Waals surface area contributed by atoms with Gasteiger partial charge in [-0.1, -0.05) is 24.6 Å². The van der Waals surface area contributed by atoms with Crippen LogP contribution >= 0.6 is 11.6 Å². The maximum Gasteiger partial charge on any atom is 0.291 e. The molecule has 0 unspecified atom stereocenters. The van der Waals surface area contributed by atoms with Gasteiger partial charge in [-0.05, 0) is 51.2 Å². The summed E-state index contributed by atoms with van der Waals surface area (Å²) in [7, 11) is 6.82. The summed E-state index contributed by atoms with van der Waals surface area (Å²) >= 11 is 6.51. The Hall–Kier alpha value is -4.70. The number of nitrogens with one attached hydrogen (secondary N) is 1. The number of ether oxygens (including phenoxy) is 1. The first kappa shape index (κ1) is 39.5. The Morgan fingerprint density at radius 3 is 2.36 bits per heavy atom. The van der Waals surface area contributed by atoms with E-state index in [1.54, 1.807) is 21.6 Å². The van der Waals surface area contributed by atoms with Gasteiger partial charge >= 0.3 is 0 Å². The van der Waals surface area contributed by atoms with Gasteiger partial charge in [0.25, 0.3) is 11.8 Å². The predicted molar refractivity (Wildman–Crippen MR) is 197 cm³/mol. The lowest BCUT2D eigenvalue weighted by Crippen LogP contribution is -2.50. The van der Waals surface area contributed by atoms with Gasteiger partial charge in [0.2, 0.25) is 5.91 Å². The first-order valence-electron chi connectivity index (χ1n) is 17.4. The molecule has 4 aromatic rings. The number of piperazine rings is 1. The van der Waals surface area contributed by atoms with Crippen molar-refractivity contribution in [3.63, 3.8) is 0 Å². The highest BCUT2D eigenvalue weighted by Gasteiger charge is 2.27. The van der Waals surface area contributed by atoms with Crippen LogP contribution < -0.4 is 5.32 Å². The number of imidazole rings is 1. The Morgan fingerprint density at radius 2 is 1.70 bits per heavy atom. The average Bonchev–Trinajstić information content (AvgIpc) is 3.73. The lowest BCUT2D eigenvalue weighted by atomic mass is 10.0. The Morgan fingerprint density at radius 1 is 1.02 bits per heavy atom. The number of hydrogen-bond donors (Lipinski definition) is 2. The summed E-state index contributed by atoms with van der Waals surface area (Å²) in [6, 6.07) is 7.44. The molecule has 16 heteroatoms. The van der Waals surface area contributed by atoms with Gasteiger partial charge in [0.05, 0.1) is 47.9 Å². The Kier molecular flexibility index (Phi) is 13.0. The minimum absolute atomic E-state index is 0.0625.